The fourth-order valence-electron chi connectivity index (χ4n) is 2.59. The highest BCUT2D eigenvalue weighted by atomic mass is 15.0. The van der Waals surface area contributed by atoms with E-state index in [1.54, 1.807) is 0 Å². The predicted molar refractivity (Wildman–Crippen MR) is 60.4 cm³/mol. The van der Waals surface area contributed by atoms with E-state index < -0.39 is 0 Å². The van der Waals surface area contributed by atoms with Crippen molar-refractivity contribution in [2.75, 3.05) is 19.6 Å². The van der Waals surface area contributed by atoms with Gasteiger partial charge in [0.1, 0.15) is 0 Å². The second-order valence-electron chi connectivity index (χ2n) is 4.95. The Hall–Kier alpha value is -0.0800. The van der Waals surface area contributed by atoms with Crippen LogP contribution in [0.25, 0.3) is 0 Å². The van der Waals surface area contributed by atoms with E-state index in [0.29, 0.717) is 0 Å². The van der Waals surface area contributed by atoms with Gasteiger partial charge in [0.2, 0.25) is 0 Å². The van der Waals surface area contributed by atoms with Gasteiger partial charge in [0, 0.05) is 6.04 Å². The molecule has 0 amide bonds. The molecule has 0 bridgehead atoms. The standard InChI is InChI=1S/C12H24N2/c1-2-11-9-12(11)14-8-5-10-3-6-13-7-4-10/h10-14H,2-9H2,1H3. The van der Waals surface area contributed by atoms with E-state index in [9.17, 15) is 0 Å². The molecule has 2 unspecified atom stereocenters. The number of hydrogen-bond acceptors (Lipinski definition) is 2. The smallest absolute Gasteiger partial charge is 0.00990 e. The Bertz CT molecular complexity index is 164. The highest BCUT2D eigenvalue weighted by molar-refractivity contribution is 4.91. The minimum Gasteiger partial charge on any atom is -0.317 e. The molecule has 2 fully saturated rings. The molecule has 1 saturated heterocycles. The summed E-state index contributed by atoms with van der Waals surface area (Å²) in [4.78, 5) is 0. The summed E-state index contributed by atoms with van der Waals surface area (Å²) in [5.74, 6) is 1.99. The molecule has 0 aromatic rings. The Morgan fingerprint density at radius 3 is 2.71 bits per heavy atom. The first-order valence-corrected chi connectivity index (χ1v) is 6.34. The average molecular weight is 196 g/mol. The summed E-state index contributed by atoms with van der Waals surface area (Å²) >= 11 is 0. The second kappa shape index (κ2) is 5.13. The lowest BCUT2D eigenvalue weighted by Crippen LogP contribution is -2.30. The normalized spacial score (nSPS) is 33.2. The highest BCUT2D eigenvalue weighted by Crippen LogP contribution is 2.33. The van der Waals surface area contributed by atoms with Crippen molar-refractivity contribution in [3.05, 3.63) is 0 Å². The zero-order valence-electron chi connectivity index (χ0n) is 9.39. The fourth-order valence-corrected chi connectivity index (χ4v) is 2.59. The molecule has 1 aliphatic heterocycles. The van der Waals surface area contributed by atoms with Crippen molar-refractivity contribution in [1.82, 2.24) is 10.6 Å². The zero-order valence-corrected chi connectivity index (χ0v) is 9.39. The van der Waals surface area contributed by atoms with Gasteiger partial charge in [0.05, 0.1) is 0 Å². The maximum absolute atomic E-state index is 3.68. The molecular weight excluding hydrogens is 172 g/mol. The van der Waals surface area contributed by atoms with Crippen molar-refractivity contribution in [1.29, 1.82) is 0 Å². The largest absolute Gasteiger partial charge is 0.317 e. The van der Waals surface area contributed by atoms with Crippen molar-refractivity contribution < 1.29 is 0 Å². The van der Waals surface area contributed by atoms with Crippen LogP contribution < -0.4 is 10.6 Å². The van der Waals surface area contributed by atoms with Crippen LogP contribution in [-0.4, -0.2) is 25.7 Å². The molecule has 1 heterocycles. The summed E-state index contributed by atoms with van der Waals surface area (Å²) in [7, 11) is 0. The van der Waals surface area contributed by atoms with Gasteiger partial charge in [0.25, 0.3) is 0 Å². The predicted octanol–water partition coefficient (Wildman–Crippen LogP) is 1.76. The Labute approximate surface area is 87.8 Å². The molecule has 82 valence electrons. The number of nitrogens with one attached hydrogen (secondary N) is 2. The van der Waals surface area contributed by atoms with Crippen molar-refractivity contribution >= 4 is 0 Å². The van der Waals surface area contributed by atoms with Gasteiger partial charge in [-0.25, -0.2) is 0 Å². The summed E-state index contributed by atoms with van der Waals surface area (Å²) in [5.41, 5.74) is 0. The van der Waals surface area contributed by atoms with Crippen LogP contribution in [0.1, 0.15) is 39.0 Å². The molecule has 1 aliphatic carbocycles. The van der Waals surface area contributed by atoms with Crippen LogP contribution in [-0.2, 0) is 0 Å². The van der Waals surface area contributed by atoms with Crippen LogP contribution in [0.5, 0.6) is 0 Å². The van der Waals surface area contributed by atoms with Crippen LogP contribution in [0.3, 0.4) is 0 Å². The van der Waals surface area contributed by atoms with Gasteiger partial charge in [-0.3, -0.25) is 0 Å². The second-order valence-corrected chi connectivity index (χ2v) is 4.95. The van der Waals surface area contributed by atoms with Gasteiger partial charge in [-0.15, -0.1) is 0 Å². The Morgan fingerprint density at radius 1 is 1.29 bits per heavy atom. The monoisotopic (exact) mass is 196 g/mol. The molecular formula is C12H24N2. The summed E-state index contributed by atoms with van der Waals surface area (Å²) in [6, 6.07) is 0.877. The molecule has 2 atom stereocenters. The van der Waals surface area contributed by atoms with Crippen LogP contribution in [0.2, 0.25) is 0 Å². The summed E-state index contributed by atoms with van der Waals surface area (Å²) < 4.78 is 0. The molecule has 2 heteroatoms. The van der Waals surface area contributed by atoms with E-state index in [1.165, 1.54) is 51.7 Å². The maximum Gasteiger partial charge on any atom is 0.00990 e. The Morgan fingerprint density at radius 2 is 2.07 bits per heavy atom. The van der Waals surface area contributed by atoms with Crippen molar-refractivity contribution in [3.8, 4) is 0 Å². The molecule has 14 heavy (non-hydrogen) atoms. The minimum atomic E-state index is 0.877. The quantitative estimate of drug-likeness (QED) is 0.700. The number of hydrogen-bond donors (Lipinski definition) is 2. The third-order valence-corrected chi connectivity index (χ3v) is 3.86. The summed E-state index contributed by atoms with van der Waals surface area (Å²) in [6.45, 7) is 6.04. The molecule has 2 rings (SSSR count). The van der Waals surface area contributed by atoms with Crippen LogP contribution in [0.15, 0.2) is 0 Å². The van der Waals surface area contributed by atoms with Crippen LogP contribution in [0, 0.1) is 11.8 Å². The number of piperidine rings is 1. The average Bonchev–Trinajstić information content (AvgIpc) is 2.98. The van der Waals surface area contributed by atoms with Crippen molar-refractivity contribution in [2.24, 2.45) is 11.8 Å². The van der Waals surface area contributed by atoms with Gasteiger partial charge in [-0.1, -0.05) is 13.3 Å². The Kier molecular flexibility index (Phi) is 3.82. The molecule has 2 nitrogen and oxygen atoms in total. The SMILES string of the molecule is CCC1CC1NCCC1CCNCC1. The summed E-state index contributed by atoms with van der Waals surface area (Å²) in [5, 5.41) is 7.11. The molecule has 0 aromatic carbocycles. The lowest BCUT2D eigenvalue weighted by atomic mass is 9.95. The lowest BCUT2D eigenvalue weighted by molar-refractivity contribution is 0.347. The van der Waals surface area contributed by atoms with E-state index in [-0.39, 0.29) is 0 Å². The van der Waals surface area contributed by atoms with Crippen molar-refractivity contribution in [3.63, 3.8) is 0 Å². The van der Waals surface area contributed by atoms with Gasteiger partial charge in [-0.05, 0) is 57.2 Å². The fraction of sp³-hybridized carbons (Fsp3) is 1.00. The first-order chi connectivity index (χ1) is 6.90. The van der Waals surface area contributed by atoms with Gasteiger partial charge in [0.15, 0.2) is 0 Å². The van der Waals surface area contributed by atoms with E-state index in [0.717, 1.165) is 17.9 Å². The maximum atomic E-state index is 3.68. The van der Waals surface area contributed by atoms with E-state index >= 15 is 0 Å². The van der Waals surface area contributed by atoms with E-state index in [2.05, 4.69) is 17.6 Å². The van der Waals surface area contributed by atoms with Crippen LogP contribution >= 0.6 is 0 Å². The van der Waals surface area contributed by atoms with E-state index in [4.69, 9.17) is 0 Å². The van der Waals surface area contributed by atoms with Crippen LogP contribution in [0.4, 0.5) is 0 Å². The first-order valence-electron chi connectivity index (χ1n) is 6.34. The van der Waals surface area contributed by atoms with Gasteiger partial charge < -0.3 is 10.6 Å². The molecule has 0 radical (unpaired) electrons. The first kappa shape index (κ1) is 10.4. The molecule has 0 aromatic heterocycles. The number of rotatable bonds is 5. The molecule has 2 aliphatic rings. The summed E-state index contributed by atoms with van der Waals surface area (Å²) in [6.07, 6.45) is 6.98. The topological polar surface area (TPSA) is 24.1 Å². The molecule has 0 spiro atoms. The highest BCUT2D eigenvalue weighted by Gasteiger charge is 2.34. The molecule has 1 saturated carbocycles. The van der Waals surface area contributed by atoms with Gasteiger partial charge >= 0.3 is 0 Å². The van der Waals surface area contributed by atoms with E-state index in [1.807, 2.05) is 0 Å². The third-order valence-electron chi connectivity index (χ3n) is 3.86. The molecule has 2 N–H and O–H groups in total. The van der Waals surface area contributed by atoms with Gasteiger partial charge in [-0.2, -0.15) is 0 Å². The Balaban J connectivity index is 1.50. The van der Waals surface area contributed by atoms with Crippen molar-refractivity contribution in [2.45, 2.75) is 45.1 Å². The zero-order chi connectivity index (χ0) is 9.80. The lowest BCUT2D eigenvalue weighted by Gasteiger charge is -2.22. The third kappa shape index (κ3) is 2.96. The minimum absolute atomic E-state index is 0.877.